The first-order chi connectivity index (χ1) is 14.7. The van der Waals surface area contributed by atoms with Crippen LogP contribution in [0.25, 0.3) is 11.0 Å². The van der Waals surface area contributed by atoms with Gasteiger partial charge in [-0.25, -0.2) is 15.0 Å². The normalized spacial score (nSPS) is 20.2. The number of fused-ring (bicyclic) bond motifs is 5. The van der Waals surface area contributed by atoms with Crippen LogP contribution in [-0.4, -0.2) is 57.2 Å². The third kappa shape index (κ3) is 2.84. The lowest BCUT2D eigenvalue weighted by atomic mass is 10.1. The van der Waals surface area contributed by atoms with Crippen molar-refractivity contribution in [2.45, 2.75) is 40.8 Å². The van der Waals surface area contributed by atoms with Gasteiger partial charge >= 0.3 is 0 Å². The predicted molar refractivity (Wildman–Crippen MR) is 115 cm³/mol. The Morgan fingerprint density at radius 1 is 1.07 bits per heavy atom. The predicted octanol–water partition coefficient (Wildman–Crippen LogP) is 3.31. The number of nitrogens with zero attached hydrogens (tertiary/aromatic N) is 5. The van der Waals surface area contributed by atoms with Gasteiger partial charge in [0.15, 0.2) is 28.0 Å². The second-order valence-corrected chi connectivity index (χ2v) is 9.25. The Balaban J connectivity index is 1.52. The van der Waals surface area contributed by atoms with Crippen molar-refractivity contribution in [2.24, 2.45) is 0 Å². The van der Waals surface area contributed by atoms with Crippen molar-refractivity contribution in [3.8, 4) is 11.5 Å². The van der Waals surface area contributed by atoms with Crippen LogP contribution in [0.2, 0.25) is 0 Å². The quantitative estimate of drug-likeness (QED) is 0.364. The van der Waals surface area contributed by atoms with Crippen LogP contribution < -0.4 is 14.4 Å². The number of aliphatic hydroxyl groups is 1. The highest BCUT2D eigenvalue weighted by atomic mass is 32.2. The summed E-state index contributed by atoms with van der Waals surface area (Å²) < 4.78 is 13.3. The number of hydrogen-bond donors (Lipinski definition) is 1. The molecule has 0 amide bonds. The number of imidazole rings is 1. The maximum absolute atomic E-state index is 11.5. The summed E-state index contributed by atoms with van der Waals surface area (Å²) in [6.07, 6.45) is 4.58. The van der Waals surface area contributed by atoms with Crippen LogP contribution in [0.1, 0.15) is 31.1 Å². The summed E-state index contributed by atoms with van der Waals surface area (Å²) in [7, 11) is 0. The molecule has 30 heavy (non-hydrogen) atoms. The fourth-order valence-electron chi connectivity index (χ4n) is 4.29. The summed E-state index contributed by atoms with van der Waals surface area (Å²) in [6.45, 7) is 2.95. The highest BCUT2D eigenvalue weighted by Crippen LogP contribution is 2.47. The van der Waals surface area contributed by atoms with Crippen LogP contribution in [0.3, 0.4) is 0 Å². The molecule has 5 heterocycles. The highest BCUT2D eigenvalue weighted by Gasteiger charge is 2.34. The first-order valence-corrected chi connectivity index (χ1v) is 12.2. The molecule has 1 saturated heterocycles. The number of rotatable bonds is 2. The molecule has 1 unspecified atom stereocenters. The fourth-order valence-corrected chi connectivity index (χ4v) is 5.76. The van der Waals surface area contributed by atoms with Crippen molar-refractivity contribution < 1.29 is 14.6 Å². The van der Waals surface area contributed by atoms with Crippen LogP contribution in [-0.2, 0) is 0 Å². The van der Waals surface area contributed by atoms with Gasteiger partial charge in [0.05, 0.1) is 16.6 Å². The Morgan fingerprint density at radius 3 is 2.60 bits per heavy atom. The van der Waals surface area contributed by atoms with E-state index in [9.17, 15) is 5.11 Å². The first-order valence-electron chi connectivity index (χ1n) is 10.1. The van der Waals surface area contributed by atoms with E-state index in [2.05, 4.69) is 4.90 Å². The second kappa shape index (κ2) is 7.21. The molecule has 1 fully saturated rings. The molecule has 1 aromatic carbocycles. The minimum absolute atomic E-state index is 0.518. The van der Waals surface area contributed by atoms with E-state index in [1.807, 2.05) is 23.0 Å². The third-order valence-corrected chi connectivity index (χ3v) is 7.24. The average molecular weight is 444 g/mol. The molecule has 3 aromatic rings. The Labute approximate surface area is 182 Å². The summed E-state index contributed by atoms with van der Waals surface area (Å²) in [5, 5.41) is 13.7. The average Bonchev–Trinajstić information content (AvgIpc) is 3.14. The SMILES string of the molecule is CSc1nc2c(c(N3CCCCC3)n1)C(O)n1c(nc3cc4c(cc31)OCCO4)S2. The Bertz CT molecular complexity index is 1150. The fraction of sp³-hybridized carbons (Fsp3) is 0.450. The number of benzene rings is 1. The molecule has 6 rings (SSSR count). The van der Waals surface area contributed by atoms with Crippen LogP contribution in [0.5, 0.6) is 11.5 Å². The molecular weight excluding hydrogens is 422 g/mol. The van der Waals surface area contributed by atoms with Crippen molar-refractivity contribution in [3.05, 3.63) is 17.7 Å². The molecule has 0 radical (unpaired) electrons. The van der Waals surface area contributed by atoms with Crippen LogP contribution >= 0.6 is 23.5 Å². The zero-order valence-corrected chi connectivity index (χ0v) is 18.1. The van der Waals surface area contributed by atoms with E-state index in [4.69, 9.17) is 24.4 Å². The van der Waals surface area contributed by atoms with Gasteiger partial charge in [-0.3, -0.25) is 4.57 Å². The monoisotopic (exact) mass is 443 g/mol. The van der Waals surface area contributed by atoms with E-state index in [0.29, 0.717) is 29.9 Å². The topological polar surface area (TPSA) is 85.5 Å². The summed E-state index contributed by atoms with van der Waals surface area (Å²) in [4.78, 5) is 16.6. The first kappa shape index (κ1) is 18.6. The zero-order valence-electron chi connectivity index (χ0n) is 16.5. The number of aliphatic hydroxyl groups excluding tert-OH is 1. The number of ether oxygens (including phenoxy) is 2. The number of aromatic nitrogens is 4. The molecule has 10 heteroatoms. The smallest absolute Gasteiger partial charge is 0.190 e. The standard InChI is InChI=1S/C20H21N5O3S2/c1-29-19-22-16(24-5-3-2-4-6-24)15-17(23-19)30-20-21-11-9-13-14(28-8-7-27-13)10-12(11)25(20)18(15)26/h9-10,18,26H,2-8H2,1H3. The molecule has 1 atom stereocenters. The molecular formula is C20H21N5O3S2. The lowest BCUT2D eigenvalue weighted by Gasteiger charge is -2.33. The van der Waals surface area contributed by atoms with E-state index in [0.717, 1.165) is 58.5 Å². The van der Waals surface area contributed by atoms with Crippen molar-refractivity contribution >= 4 is 40.4 Å². The van der Waals surface area contributed by atoms with E-state index in [-0.39, 0.29) is 0 Å². The maximum Gasteiger partial charge on any atom is 0.190 e. The number of hydrogen-bond acceptors (Lipinski definition) is 9. The van der Waals surface area contributed by atoms with Gasteiger partial charge in [0.1, 0.15) is 24.1 Å². The molecule has 1 N–H and O–H groups in total. The van der Waals surface area contributed by atoms with E-state index in [1.54, 1.807) is 0 Å². The van der Waals surface area contributed by atoms with Crippen LogP contribution in [0.4, 0.5) is 5.82 Å². The molecule has 3 aliphatic rings. The van der Waals surface area contributed by atoms with Gasteiger partial charge in [0.25, 0.3) is 0 Å². The molecule has 0 aliphatic carbocycles. The molecule has 8 nitrogen and oxygen atoms in total. The molecule has 0 saturated carbocycles. The van der Waals surface area contributed by atoms with E-state index < -0.39 is 6.23 Å². The zero-order chi connectivity index (χ0) is 20.2. The van der Waals surface area contributed by atoms with Crippen molar-refractivity contribution in [1.29, 1.82) is 0 Å². The number of thioether (sulfide) groups is 1. The van der Waals surface area contributed by atoms with Crippen LogP contribution in [0, 0.1) is 0 Å². The number of piperidine rings is 1. The van der Waals surface area contributed by atoms with E-state index in [1.165, 1.54) is 29.9 Å². The molecule has 156 valence electrons. The molecule has 2 aromatic heterocycles. The highest BCUT2D eigenvalue weighted by molar-refractivity contribution is 7.99. The lowest BCUT2D eigenvalue weighted by molar-refractivity contribution is 0.134. The van der Waals surface area contributed by atoms with Gasteiger partial charge in [-0.2, -0.15) is 0 Å². The van der Waals surface area contributed by atoms with Crippen molar-refractivity contribution in [2.75, 3.05) is 37.5 Å². The summed E-state index contributed by atoms with van der Waals surface area (Å²) in [6, 6.07) is 3.80. The second-order valence-electron chi connectivity index (χ2n) is 7.53. The van der Waals surface area contributed by atoms with Gasteiger partial charge in [-0.05, 0) is 37.3 Å². The van der Waals surface area contributed by atoms with Gasteiger partial charge in [0, 0.05) is 25.2 Å². The van der Waals surface area contributed by atoms with Crippen molar-refractivity contribution in [1.82, 2.24) is 19.5 Å². The third-order valence-electron chi connectivity index (χ3n) is 5.72. The minimum atomic E-state index is -0.906. The van der Waals surface area contributed by atoms with Gasteiger partial charge in [0.2, 0.25) is 0 Å². The Kier molecular flexibility index (Phi) is 4.47. The summed E-state index contributed by atoms with van der Waals surface area (Å²) >= 11 is 3.00. The largest absolute Gasteiger partial charge is 0.486 e. The molecule has 3 aliphatic heterocycles. The lowest BCUT2D eigenvalue weighted by Crippen LogP contribution is -2.33. The number of anilines is 1. The van der Waals surface area contributed by atoms with E-state index >= 15 is 0 Å². The van der Waals surface area contributed by atoms with Crippen molar-refractivity contribution in [3.63, 3.8) is 0 Å². The summed E-state index contributed by atoms with van der Waals surface area (Å²) in [5.74, 6) is 2.22. The van der Waals surface area contributed by atoms with Gasteiger partial charge in [-0.15, -0.1) is 0 Å². The molecule has 0 bridgehead atoms. The van der Waals surface area contributed by atoms with Gasteiger partial charge < -0.3 is 19.5 Å². The summed E-state index contributed by atoms with van der Waals surface area (Å²) in [5.41, 5.74) is 2.35. The molecule has 0 spiro atoms. The Hall–Kier alpha value is -2.17. The Morgan fingerprint density at radius 2 is 1.83 bits per heavy atom. The van der Waals surface area contributed by atoms with Crippen LogP contribution in [0.15, 0.2) is 27.5 Å². The minimum Gasteiger partial charge on any atom is -0.486 e. The van der Waals surface area contributed by atoms with Gasteiger partial charge in [-0.1, -0.05) is 11.8 Å². The maximum atomic E-state index is 11.5.